The molecule has 3 rings (SSSR count). The van der Waals surface area contributed by atoms with Gasteiger partial charge in [-0.15, -0.1) is 0 Å². The molecule has 0 aliphatic rings. The zero-order valence-electron chi connectivity index (χ0n) is 23.5. The molecule has 10 nitrogen and oxygen atoms in total. The second-order valence-electron chi connectivity index (χ2n) is 10.1. The molecule has 1 heterocycles. The van der Waals surface area contributed by atoms with Gasteiger partial charge in [0.2, 0.25) is 5.91 Å². The molecule has 3 aromatic rings. The van der Waals surface area contributed by atoms with Gasteiger partial charge in [0.05, 0.1) is 28.6 Å². The average molecular weight is 570 g/mol. The van der Waals surface area contributed by atoms with Crippen LogP contribution in [0, 0.1) is 0 Å². The maximum absolute atomic E-state index is 13.2. The highest BCUT2D eigenvalue weighted by atomic mass is 35.5. The summed E-state index contributed by atoms with van der Waals surface area (Å²) in [6, 6.07) is 14.9. The molecule has 2 N–H and O–H groups in total. The first-order valence-electron chi connectivity index (χ1n) is 13.0. The number of methoxy groups -OCH3 is 1. The van der Waals surface area contributed by atoms with E-state index in [1.165, 1.54) is 4.90 Å². The summed E-state index contributed by atoms with van der Waals surface area (Å²) in [5.41, 5.74) is 1.96. The minimum absolute atomic E-state index is 0.213. The van der Waals surface area contributed by atoms with Crippen LogP contribution in [-0.2, 0) is 19.7 Å². The number of amides is 3. The molecule has 1 aromatic heterocycles. The van der Waals surface area contributed by atoms with Crippen molar-refractivity contribution in [3.63, 3.8) is 0 Å². The predicted molar refractivity (Wildman–Crippen MR) is 155 cm³/mol. The molecule has 0 bridgehead atoms. The first-order chi connectivity index (χ1) is 19.0. The Balaban J connectivity index is 1.78. The van der Waals surface area contributed by atoms with E-state index in [1.807, 2.05) is 45.0 Å². The summed E-state index contributed by atoms with van der Waals surface area (Å²) in [4.78, 5) is 39.7. The Hall–Kier alpha value is -3.89. The number of benzene rings is 2. The van der Waals surface area contributed by atoms with Crippen molar-refractivity contribution in [1.82, 2.24) is 14.7 Å². The summed E-state index contributed by atoms with van der Waals surface area (Å²) in [5.74, 6) is -0.405. The number of hydrogen-bond acceptors (Lipinski definition) is 6. The lowest BCUT2D eigenvalue weighted by molar-refractivity contribution is -0.116. The number of para-hydroxylation sites is 1. The molecule has 0 aliphatic heterocycles. The highest BCUT2D eigenvalue weighted by Crippen LogP contribution is 2.29. The van der Waals surface area contributed by atoms with Gasteiger partial charge < -0.3 is 25.0 Å². The normalized spacial score (nSPS) is 11.2. The van der Waals surface area contributed by atoms with E-state index < -0.39 is 17.9 Å². The highest BCUT2D eigenvalue weighted by molar-refractivity contribution is 6.32. The fourth-order valence-corrected chi connectivity index (χ4v) is 3.97. The molecule has 0 atom stereocenters. The van der Waals surface area contributed by atoms with Crippen molar-refractivity contribution in [1.29, 1.82) is 0 Å². The summed E-state index contributed by atoms with van der Waals surface area (Å²) in [6.45, 7) is 8.58. The summed E-state index contributed by atoms with van der Waals surface area (Å²) in [6.07, 6.45) is 0.532. The van der Waals surface area contributed by atoms with Crippen LogP contribution in [0.15, 0.2) is 54.6 Å². The van der Waals surface area contributed by atoms with Gasteiger partial charge in [-0.1, -0.05) is 44.5 Å². The molecule has 0 saturated carbocycles. The van der Waals surface area contributed by atoms with Gasteiger partial charge in [0.1, 0.15) is 12.4 Å². The summed E-state index contributed by atoms with van der Waals surface area (Å²) < 4.78 is 11.7. The second kappa shape index (κ2) is 14.0. The fraction of sp³-hybridized carbons (Fsp3) is 0.379. The number of nitrogens with one attached hydrogen (secondary N) is 2. The van der Waals surface area contributed by atoms with Crippen molar-refractivity contribution in [2.24, 2.45) is 0 Å². The van der Waals surface area contributed by atoms with E-state index in [0.717, 1.165) is 5.69 Å². The Bertz CT molecular complexity index is 1320. The van der Waals surface area contributed by atoms with E-state index in [0.29, 0.717) is 40.8 Å². The van der Waals surface area contributed by atoms with Crippen molar-refractivity contribution in [3.8, 4) is 5.69 Å². The number of halogens is 1. The van der Waals surface area contributed by atoms with E-state index in [1.54, 1.807) is 49.0 Å². The van der Waals surface area contributed by atoms with Crippen LogP contribution in [0.4, 0.5) is 16.3 Å². The van der Waals surface area contributed by atoms with Crippen LogP contribution >= 0.6 is 11.6 Å². The quantitative estimate of drug-likeness (QED) is 0.232. The number of esters is 1. The summed E-state index contributed by atoms with van der Waals surface area (Å²) >= 11 is 6.44. The third-order valence-corrected chi connectivity index (χ3v) is 6.19. The van der Waals surface area contributed by atoms with Crippen LogP contribution in [0.2, 0.25) is 5.02 Å². The lowest BCUT2D eigenvalue weighted by atomic mass is 9.92. The van der Waals surface area contributed by atoms with Gasteiger partial charge in [-0.3, -0.25) is 4.79 Å². The molecule has 0 aliphatic carbocycles. The largest absolute Gasteiger partial charge is 0.462 e. The molecule has 0 spiro atoms. The molecule has 214 valence electrons. The fourth-order valence-electron chi connectivity index (χ4n) is 3.76. The predicted octanol–water partition coefficient (Wildman–Crippen LogP) is 5.51. The highest BCUT2D eigenvalue weighted by Gasteiger charge is 2.24. The minimum Gasteiger partial charge on any atom is -0.462 e. The zero-order chi connectivity index (χ0) is 29.3. The van der Waals surface area contributed by atoms with Crippen molar-refractivity contribution < 1.29 is 23.9 Å². The van der Waals surface area contributed by atoms with Crippen LogP contribution < -0.4 is 10.6 Å². The number of nitrogens with zero attached hydrogens (tertiary/aromatic N) is 3. The standard InChI is InChI=1S/C29H36ClN5O5/c1-6-40-27(37)20-12-14-21(15-13-20)31-28(38)34(16-9-17-39-5)19-26(36)32-25-18-24(29(2,3)4)33-35(25)23-11-8-7-10-22(23)30/h7-8,10-15,18H,6,9,16-17,19H2,1-5H3,(H,31,38)(H,32,36). The van der Waals surface area contributed by atoms with Gasteiger partial charge >= 0.3 is 12.0 Å². The Kier molecular flexibility index (Phi) is 10.7. The zero-order valence-corrected chi connectivity index (χ0v) is 24.2. The second-order valence-corrected chi connectivity index (χ2v) is 10.5. The van der Waals surface area contributed by atoms with Crippen molar-refractivity contribution in [3.05, 3.63) is 70.9 Å². The van der Waals surface area contributed by atoms with E-state index in [4.69, 9.17) is 26.2 Å². The third kappa shape index (κ3) is 8.30. The molecule has 0 saturated heterocycles. The molecule has 3 amide bonds. The molecule has 0 fully saturated rings. The molecule has 40 heavy (non-hydrogen) atoms. The number of carbonyl (C=O) groups is 3. The minimum atomic E-state index is -0.467. The van der Waals surface area contributed by atoms with Gasteiger partial charge in [-0.25, -0.2) is 14.3 Å². The molecule has 0 unspecified atom stereocenters. The maximum atomic E-state index is 13.2. The van der Waals surface area contributed by atoms with Crippen LogP contribution in [0.1, 0.15) is 50.2 Å². The van der Waals surface area contributed by atoms with Gasteiger partial charge in [0.15, 0.2) is 0 Å². The van der Waals surface area contributed by atoms with E-state index in [9.17, 15) is 14.4 Å². The summed E-state index contributed by atoms with van der Waals surface area (Å²) in [7, 11) is 1.57. The molecule has 2 aromatic carbocycles. The Labute approximate surface area is 239 Å². The van der Waals surface area contributed by atoms with E-state index in [2.05, 4.69) is 10.6 Å². The summed E-state index contributed by atoms with van der Waals surface area (Å²) in [5, 5.41) is 10.9. The maximum Gasteiger partial charge on any atom is 0.338 e. The van der Waals surface area contributed by atoms with Gasteiger partial charge in [-0.05, 0) is 49.7 Å². The van der Waals surface area contributed by atoms with Crippen LogP contribution in [0.25, 0.3) is 5.69 Å². The van der Waals surface area contributed by atoms with E-state index >= 15 is 0 Å². The Morgan fingerprint density at radius 2 is 1.75 bits per heavy atom. The number of aromatic nitrogens is 2. The first-order valence-corrected chi connectivity index (χ1v) is 13.4. The van der Waals surface area contributed by atoms with Crippen molar-refractivity contribution in [2.45, 2.75) is 39.5 Å². The van der Waals surface area contributed by atoms with Gasteiger partial charge in [0, 0.05) is 37.4 Å². The molecular weight excluding hydrogens is 534 g/mol. The smallest absolute Gasteiger partial charge is 0.338 e. The number of ether oxygens (including phenoxy) is 2. The van der Waals surface area contributed by atoms with E-state index in [-0.39, 0.29) is 25.1 Å². The lowest BCUT2D eigenvalue weighted by Crippen LogP contribution is -2.41. The number of carbonyl (C=O) groups excluding carboxylic acids is 3. The van der Waals surface area contributed by atoms with Crippen LogP contribution in [0.3, 0.4) is 0 Å². The topological polar surface area (TPSA) is 115 Å². The van der Waals surface area contributed by atoms with Gasteiger partial charge in [0.25, 0.3) is 0 Å². The first kappa shape index (κ1) is 30.6. The average Bonchev–Trinajstić information content (AvgIpc) is 3.33. The number of rotatable bonds is 11. The molecular formula is C29H36ClN5O5. The number of hydrogen-bond donors (Lipinski definition) is 2. The SMILES string of the molecule is CCOC(=O)c1ccc(NC(=O)N(CCCOC)CC(=O)Nc2cc(C(C)(C)C)nn2-c2ccccc2Cl)cc1. The van der Waals surface area contributed by atoms with Crippen molar-refractivity contribution in [2.75, 3.05) is 44.0 Å². The molecule has 11 heteroatoms. The number of urea groups is 1. The molecule has 0 radical (unpaired) electrons. The Morgan fingerprint density at radius 3 is 2.38 bits per heavy atom. The lowest BCUT2D eigenvalue weighted by Gasteiger charge is -2.23. The van der Waals surface area contributed by atoms with Gasteiger partial charge in [-0.2, -0.15) is 5.10 Å². The van der Waals surface area contributed by atoms with Crippen LogP contribution in [0.5, 0.6) is 0 Å². The Morgan fingerprint density at radius 1 is 1.05 bits per heavy atom. The van der Waals surface area contributed by atoms with Crippen LogP contribution in [-0.4, -0.2) is 66.0 Å². The monoisotopic (exact) mass is 569 g/mol. The number of anilines is 2. The van der Waals surface area contributed by atoms with Crippen molar-refractivity contribution >= 4 is 41.0 Å². The third-order valence-electron chi connectivity index (χ3n) is 5.87.